The van der Waals surface area contributed by atoms with Crippen LogP contribution in [0.5, 0.6) is 5.75 Å². The Balaban J connectivity index is 1.87. The fourth-order valence-electron chi connectivity index (χ4n) is 3.41. The van der Waals surface area contributed by atoms with Crippen molar-refractivity contribution in [2.75, 3.05) is 6.61 Å². The van der Waals surface area contributed by atoms with Gasteiger partial charge in [0.25, 0.3) is 0 Å². The van der Waals surface area contributed by atoms with E-state index in [9.17, 15) is 14.4 Å². The topological polar surface area (TPSA) is 76.0 Å². The maximum absolute atomic E-state index is 11.9. The Hall–Kier alpha value is -2.43. The first-order valence-electron chi connectivity index (χ1n) is 9.46. The monoisotopic (exact) mass is 412 g/mol. The molecule has 0 bridgehead atoms. The van der Waals surface area contributed by atoms with Crippen molar-refractivity contribution in [1.29, 1.82) is 0 Å². The first-order chi connectivity index (χ1) is 13.9. The lowest BCUT2D eigenvalue weighted by molar-refractivity contribution is 0.0161. The molecule has 5 nitrogen and oxygen atoms in total. The number of hydrogen-bond donors (Lipinski definition) is 2. The normalized spacial score (nSPS) is 11.9. The largest absolute Gasteiger partial charge is 0.493 e. The molecule has 0 aromatic heterocycles. The van der Waals surface area contributed by atoms with Crippen LogP contribution >= 0.6 is 7.82 Å². The third-order valence-corrected chi connectivity index (χ3v) is 5.25. The van der Waals surface area contributed by atoms with E-state index in [4.69, 9.17) is 9.26 Å². The van der Waals surface area contributed by atoms with Gasteiger partial charge in [-0.25, -0.2) is 4.57 Å². The Labute approximate surface area is 171 Å². The van der Waals surface area contributed by atoms with Crippen LogP contribution in [0.1, 0.15) is 17.5 Å². The molecule has 0 heterocycles. The molecule has 3 aromatic carbocycles. The average molecular weight is 412 g/mol. The number of rotatable bonds is 10. The molecular weight excluding hydrogens is 387 g/mol. The summed E-state index contributed by atoms with van der Waals surface area (Å²) in [5, 5.41) is 0. The van der Waals surface area contributed by atoms with Gasteiger partial charge in [-0.2, -0.15) is 0 Å². The van der Waals surface area contributed by atoms with Crippen LogP contribution in [0.25, 0.3) is 0 Å². The molecule has 0 aliphatic rings. The van der Waals surface area contributed by atoms with Crippen LogP contribution in [0.3, 0.4) is 0 Å². The fourth-order valence-corrected chi connectivity index (χ4v) is 4.13. The molecule has 6 heteroatoms. The van der Waals surface area contributed by atoms with Gasteiger partial charge < -0.3 is 14.5 Å². The lowest BCUT2D eigenvalue weighted by Crippen LogP contribution is -2.38. The van der Waals surface area contributed by atoms with Gasteiger partial charge in [-0.1, -0.05) is 78.9 Å². The van der Waals surface area contributed by atoms with Crippen molar-refractivity contribution < 1.29 is 23.6 Å². The predicted molar refractivity (Wildman–Crippen MR) is 113 cm³/mol. The van der Waals surface area contributed by atoms with E-state index in [0.29, 0.717) is 25.0 Å². The van der Waals surface area contributed by atoms with Crippen molar-refractivity contribution in [1.82, 2.24) is 0 Å². The van der Waals surface area contributed by atoms with Crippen LogP contribution in [0, 0.1) is 0 Å². The van der Waals surface area contributed by atoms with Crippen molar-refractivity contribution >= 4 is 7.82 Å². The Morgan fingerprint density at radius 3 is 1.62 bits per heavy atom. The maximum atomic E-state index is 11.9. The van der Waals surface area contributed by atoms with Crippen molar-refractivity contribution in [3.05, 3.63) is 102 Å². The molecule has 0 saturated heterocycles. The Bertz CT molecular complexity index is 868. The molecule has 0 spiro atoms. The van der Waals surface area contributed by atoms with Gasteiger partial charge >= 0.3 is 7.82 Å². The second-order valence-corrected chi connectivity index (χ2v) is 8.16. The average Bonchev–Trinajstić information content (AvgIpc) is 2.69. The molecule has 152 valence electrons. The third-order valence-electron chi connectivity index (χ3n) is 4.62. The predicted octanol–water partition coefficient (Wildman–Crippen LogP) is 4.79. The third kappa shape index (κ3) is 7.15. The summed E-state index contributed by atoms with van der Waals surface area (Å²) in [4.78, 5) is 19.3. The molecule has 0 radical (unpaired) electrons. The van der Waals surface area contributed by atoms with Gasteiger partial charge in [-0.3, -0.25) is 4.52 Å². The molecule has 0 atom stereocenters. The number of ether oxygens (including phenoxy) is 1. The van der Waals surface area contributed by atoms with Crippen LogP contribution in [-0.4, -0.2) is 22.0 Å². The quantitative estimate of drug-likeness (QED) is 0.469. The first kappa shape index (κ1) is 21.3. The first-order valence-corrected chi connectivity index (χ1v) is 11.0. The van der Waals surface area contributed by atoms with E-state index in [0.717, 1.165) is 11.1 Å². The summed E-state index contributed by atoms with van der Waals surface area (Å²) >= 11 is 0. The van der Waals surface area contributed by atoms with E-state index < -0.39 is 13.4 Å². The van der Waals surface area contributed by atoms with Gasteiger partial charge in [0, 0.05) is 19.3 Å². The van der Waals surface area contributed by atoms with Crippen LogP contribution in [0.4, 0.5) is 0 Å². The molecule has 3 rings (SSSR count). The fraction of sp³-hybridized carbons (Fsp3) is 0.217. The minimum Gasteiger partial charge on any atom is -0.493 e. The van der Waals surface area contributed by atoms with Gasteiger partial charge in [0.1, 0.15) is 5.75 Å². The van der Waals surface area contributed by atoms with Crippen molar-refractivity contribution in [2.45, 2.75) is 24.9 Å². The maximum Gasteiger partial charge on any atom is 0.470 e. The van der Waals surface area contributed by atoms with E-state index in [1.807, 2.05) is 91.0 Å². The van der Waals surface area contributed by atoms with E-state index in [2.05, 4.69) is 0 Å². The Morgan fingerprint density at radius 2 is 1.17 bits per heavy atom. The van der Waals surface area contributed by atoms with Gasteiger partial charge in [-0.15, -0.1) is 0 Å². The lowest BCUT2D eigenvalue weighted by Gasteiger charge is -2.34. The minimum absolute atomic E-state index is 0.268. The van der Waals surface area contributed by atoms with E-state index in [1.165, 1.54) is 0 Å². The van der Waals surface area contributed by atoms with Gasteiger partial charge in [0.05, 0.1) is 12.2 Å². The number of benzene rings is 3. The zero-order chi connectivity index (χ0) is 20.6. The smallest absolute Gasteiger partial charge is 0.470 e. The molecule has 0 aliphatic heterocycles. The number of phosphoric acid groups is 1. The van der Waals surface area contributed by atoms with Crippen LogP contribution < -0.4 is 4.74 Å². The van der Waals surface area contributed by atoms with E-state index in [-0.39, 0.29) is 6.61 Å². The van der Waals surface area contributed by atoms with E-state index in [1.54, 1.807) is 0 Å². The van der Waals surface area contributed by atoms with E-state index >= 15 is 0 Å². The number of hydrogen-bond acceptors (Lipinski definition) is 3. The summed E-state index contributed by atoms with van der Waals surface area (Å²) in [5.74, 6) is 0.706. The number of para-hydroxylation sites is 1. The van der Waals surface area contributed by atoms with Crippen LogP contribution in [-0.2, 0) is 21.9 Å². The zero-order valence-electron chi connectivity index (χ0n) is 16.1. The highest BCUT2D eigenvalue weighted by atomic mass is 31.2. The highest BCUT2D eigenvalue weighted by molar-refractivity contribution is 7.46. The zero-order valence-corrected chi connectivity index (χ0v) is 16.9. The highest BCUT2D eigenvalue weighted by Crippen LogP contribution is 2.45. The van der Waals surface area contributed by atoms with Gasteiger partial charge in [-0.05, 0) is 23.3 Å². The SMILES string of the molecule is O=P(O)(O)OC(CCOc1ccccc1)(Cc1ccccc1)Cc1ccccc1. The Morgan fingerprint density at radius 1 is 0.724 bits per heavy atom. The lowest BCUT2D eigenvalue weighted by atomic mass is 9.85. The molecule has 0 amide bonds. The summed E-state index contributed by atoms with van der Waals surface area (Å²) in [6.07, 6.45) is 1.02. The molecule has 0 aliphatic carbocycles. The Kier molecular flexibility index (Phi) is 7.24. The minimum atomic E-state index is -4.73. The molecule has 0 fully saturated rings. The van der Waals surface area contributed by atoms with Crippen LogP contribution in [0.2, 0.25) is 0 Å². The summed E-state index contributed by atoms with van der Waals surface area (Å²) < 4.78 is 23.2. The summed E-state index contributed by atoms with van der Waals surface area (Å²) in [6.45, 7) is 0.268. The van der Waals surface area contributed by atoms with Crippen molar-refractivity contribution in [3.63, 3.8) is 0 Å². The number of phosphoric ester groups is 1. The summed E-state index contributed by atoms with van der Waals surface area (Å²) in [6, 6.07) is 28.5. The molecule has 3 aromatic rings. The van der Waals surface area contributed by atoms with Gasteiger partial charge in [0.2, 0.25) is 0 Å². The highest BCUT2D eigenvalue weighted by Gasteiger charge is 2.38. The molecule has 29 heavy (non-hydrogen) atoms. The molecule has 0 unspecified atom stereocenters. The summed E-state index contributed by atoms with van der Waals surface area (Å²) in [7, 11) is -4.73. The molecule has 0 saturated carbocycles. The van der Waals surface area contributed by atoms with Gasteiger partial charge in [0.15, 0.2) is 0 Å². The molecular formula is C23H25O5P. The standard InChI is InChI=1S/C23H25O5P/c24-29(25,26)28-23(18-20-10-4-1-5-11-20,19-21-12-6-2-7-13-21)16-17-27-22-14-8-3-9-15-22/h1-15H,16-19H2,(H2,24,25,26). The van der Waals surface area contributed by atoms with Crippen molar-refractivity contribution in [3.8, 4) is 5.75 Å². The van der Waals surface area contributed by atoms with Crippen molar-refractivity contribution in [2.24, 2.45) is 0 Å². The van der Waals surface area contributed by atoms with Crippen LogP contribution in [0.15, 0.2) is 91.0 Å². The summed E-state index contributed by atoms with van der Waals surface area (Å²) in [5.41, 5.74) is 0.768. The second kappa shape index (κ2) is 9.86. The second-order valence-electron chi connectivity index (χ2n) is 7.00. The molecule has 2 N–H and O–H groups in total.